The molecule has 0 radical (unpaired) electrons. The number of hydrogen-bond acceptors (Lipinski definition) is 3. The zero-order valence-electron chi connectivity index (χ0n) is 12.3. The van der Waals surface area contributed by atoms with Crippen LogP contribution < -0.4 is 5.43 Å². The number of H-pyrrole nitrogens is 1. The Labute approximate surface area is 119 Å². The van der Waals surface area contributed by atoms with E-state index in [-0.39, 0.29) is 30.1 Å². The molecular weight excluding hydrogens is 256 g/mol. The van der Waals surface area contributed by atoms with Gasteiger partial charge in [0.15, 0.2) is 5.43 Å². The van der Waals surface area contributed by atoms with Gasteiger partial charge in [0.2, 0.25) is 0 Å². The van der Waals surface area contributed by atoms with Crippen LogP contribution in [0.3, 0.4) is 0 Å². The van der Waals surface area contributed by atoms with Crippen LogP contribution in [-0.2, 0) is 0 Å². The summed E-state index contributed by atoms with van der Waals surface area (Å²) in [7, 11) is 0. The molecule has 1 rings (SSSR count). The molecule has 0 aliphatic rings. The Balaban J connectivity index is 2.74. The number of amides is 1. The average molecular weight is 280 g/mol. The monoisotopic (exact) mass is 280 g/mol. The summed E-state index contributed by atoms with van der Waals surface area (Å²) in [5.41, 5.74) is 0.588. The van der Waals surface area contributed by atoms with E-state index in [0.29, 0.717) is 6.54 Å². The second-order valence-electron chi connectivity index (χ2n) is 4.97. The van der Waals surface area contributed by atoms with Gasteiger partial charge in [-0.05, 0) is 13.3 Å². The van der Waals surface area contributed by atoms with Crippen molar-refractivity contribution in [1.82, 2.24) is 9.88 Å². The van der Waals surface area contributed by atoms with Gasteiger partial charge >= 0.3 is 0 Å². The van der Waals surface area contributed by atoms with Gasteiger partial charge in [-0.15, -0.1) is 0 Å². The molecule has 0 spiro atoms. The first-order valence-corrected chi connectivity index (χ1v) is 7.19. The van der Waals surface area contributed by atoms with Crippen molar-refractivity contribution in [2.24, 2.45) is 0 Å². The first-order valence-electron chi connectivity index (χ1n) is 7.19. The highest BCUT2D eigenvalue weighted by Crippen LogP contribution is 2.05. The van der Waals surface area contributed by atoms with Crippen molar-refractivity contribution in [1.29, 1.82) is 0 Å². The topological polar surface area (TPSA) is 73.4 Å². The molecule has 0 bridgehead atoms. The largest absolute Gasteiger partial charge is 0.395 e. The van der Waals surface area contributed by atoms with Crippen molar-refractivity contribution < 1.29 is 9.90 Å². The Morgan fingerprint density at radius 1 is 1.30 bits per heavy atom. The Morgan fingerprint density at radius 2 is 2.05 bits per heavy atom. The van der Waals surface area contributed by atoms with Crippen molar-refractivity contribution in [2.45, 2.75) is 39.5 Å². The molecule has 1 heterocycles. The van der Waals surface area contributed by atoms with Gasteiger partial charge in [0, 0.05) is 31.0 Å². The molecule has 5 heteroatoms. The minimum Gasteiger partial charge on any atom is -0.395 e. The standard InChI is InChI=1S/C15H24N2O3/c1-3-4-5-6-7-17(8-9-18)15(20)13-11-16-12(2)10-14(13)19/h10-11,18H,3-9H2,1-2H3,(H,16,19). The first-order chi connectivity index (χ1) is 9.60. The minimum absolute atomic E-state index is 0.0940. The molecule has 0 saturated carbocycles. The summed E-state index contributed by atoms with van der Waals surface area (Å²) in [6, 6.07) is 1.42. The Kier molecular flexibility index (Phi) is 7.01. The van der Waals surface area contributed by atoms with Crippen LogP contribution in [0, 0.1) is 6.92 Å². The molecule has 0 fully saturated rings. The average Bonchev–Trinajstić information content (AvgIpc) is 2.41. The van der Waals surface area contributed by atoms with E-state index in [2.05, 4.69) is 11.9 Å². The first kappa shape index (κ1) is 16.4. The van der Waals surface area contributed by atoms with E-state index in [1.807, 2.05) is 0 Å². The smallest absolute Gasteiger partial charge is 0.259 e. The third-order valence-electron chi connectivity index (χ3n) is 3.23. The van der Waals surface area contributed by atoms with E-state index in [9.17, 15) is 9.59 Å². The van der Waals surface area contributed by atoms with Crippen LogP contribution in [-0.4, -0.2) is 40.6 Å². The van der Waals surface area contributed by atoms with Crippen LogP contribution in [0.25, 0.3) is 0 Å². The van der Waals surface area contributed by atoms with E-state index in [1.165, 1.54) is 12.3 Å². The lowest BCUT2D eigenvalue weighted by Gasteiger charge is -2.21. The molecule has 1 aromatic rings. The zero-order chi connectivity index (χ0) is 15.0. The number of aliphatic hydroxyl groups excluding tert-OH is 1. The van der Waals surface area contributed by atoms with E-state index >= 15 is 0 Å². The van der Waals surface area contributed by atoms with Crippen molar-refractivity contribution in [2.75, 3.05) is 19.7 Å². The maximum atomic E-state index is 12.3. The molecule has 20 heavy (non-hydrogen) atoms. The highest BCUT2D eigenvalue weighted by molar-refractivity contribution is 5.93. The molecule has 5 nitrogen and oxygen atoms in total. The molecule has 0 aromatic carbocycles. The van der Waals surface area contributed by atoms with Gasteiger partial charge in [-0.2, -0.15) is 0 Å². The van der Waals surface area contributed by atoms with Crippen LogP contribution in [0.15, 0.2) is 17.1 Å². The number of pyridine rings is 1. The van der Waals surface area contributed by atoms with Gasteiger partial charge in [-0.1, -0.05) is 26.2 Å². The highest BCUT2D eigenvalue weighted by Gasteiger charge is 2.17. The summed E-state index contributed by atoms with van der Waals surface area (Å²) in [4.78, 5) is 28.6. The normalized spacial score (nSPS) is 10.6. The maximum Gasteiger partial charge on any atom is 0.259 e. The molecule has 2 N–H and O–H groups in total. The number of nitrogens with zero attached hydrogens (tertiary/aromatic N) is 1. The summed E-state index contributed by atoms with van der Waals surface area (Å²) in [6.07, 6.45) is 5.66. The van der Waals surface area contributed by atoms with Crippen LogP contribution in [0.1, 0.15) is 48.7 Å². The summed E-state index contributed by atoms with van der Waals surface area (Å²) >= 11 is 0. The van der Waals surface area contributed by atoms with E-state index < -0.39 is 0 Å². The van der Waals surface area contributed by atoms with Crippen molar-refractivity contribution in [3.63, 3.8) is 0 Å². The molecule has 112 valence electrons. The number of aromatic nitrogens is 1. The third-order valence-corrected chi connectivity index (χ3v) is 3.23. The predicted molar refractivity (Wildman–Crippen MR) is 78.9 cm³/mol. The second kappa shape index (κ2) is 8.53. The summed E-state index contributed by atoms with van der Waals surface area (Å²) in [6.45, 7) is 4.64. The fraction of sp³-hybridized carbons (Fsp3) is 0.600. The molecule has 0 aliphatic carbocycles. The highest BCUT2D eigenvalue weighted by atomic mass is 16.3. The van der Waals surface area contributed by atoms with Crippen LogP contribution >= 0.6 is 0 Å². The molecular formula is C15H24N2O3. The molecule has 1 aromatic heterocycles. The van der Waals surface area contributed by atoms with Crippen molar-refractivity contribution >= 4 is 5.91 Å². The quantitative estimate of drug-likeness (QED) is 0.712. The Bertz CT molecular complexity index is 482. The molecule has 0 unspecified atom stereocenters. The summed E-state index contributed by atoms with van der Waals surface area (Å²) < 4.78 is 0. The van der Waals surface area contributed by atoms with Gasteiger partial charge in [-0.25, -0.2) is 0 Å². The molecule has 0 saturated heterocycles. The van der Waals surface area contributed by atoms with Crippen molar-refractivity contribution in [3.8, 4) is 0 Å². The second-order valence-corrected chi connectivity index (χ2v) is 4.97. The zero-order valence-corrected chi connectivity index (χ0v) is 12.3. The number of unbranched alkanes of at least 4 members (excludes halogenated alkanes) is 3. The lowest BCUT2D eigenvalue weighted by Crippen LogP contribution is -2.37. The number of aryl methyl sites for hydroxylation is 1. The Hall–Kier alpha value is -1.62. The van der Waals surface area contributed by atoms with Crippen LogP contribution in [0.2, 0.25) is 0 Å². The SMILES string of the molecule is CCCCCCN(CCO)C(=O)c1c[nH]c(C)cc1=O. The summed E-state index contributed by atoms with van der Waals surface area (Å²) in [5, 5.41) is 9.07. The fourth-order valence-corrected chi connectivity index (χ4v) is 2.08. The van der Waals surface area contributed by atoms with Crippen LogP contribution in [0.5, 0.6) is 0 Å². The van der Waals surface area contributed by atoms with Gasteiger partial charge in [0.25, 0.3) is 5.91 Å². The minimum atomic E-state index is -0.309. The number of aliphatic hydroxyl groups is 1. The van der Waals surface area contributed by atoms with Gasteiger partial charge < -0.3 is 15.0 Å². The number of aromatic amines is 1. The molecule has 0 aliphatic heterocycles. The Morgan fingerprint density at radius 3 is 2.65 bits per heavy atom. The number of carbonyl (C=O) groups is 1. The number of hydrogen-bond donors (Lipinski definition) is 2. The van der Waals surface area contributed by atoms with Gasteiger partial charge in [-0.3, -0.25) is 9.59 Å². The van der Waals surface area contributed by atoms with E-state index in [1.54, 1.807) is 11.8 Å². The van der Waals surface area contributed by atoms with Gasteiger partial charge in [0.1, 0.15) is 5.56 Å². The number of rotatable bonds is 8. The van der Waals surface area contributed by atoms with Gasteiger partial charge in [0.05, 0.1) is 6.61 Å². The van der Waals surface area contributed by atoms with E-state index in [4.69, 9.17) is 5.11 Å². The molecule has 1 amide bonds. The van der Waals surface area contributed by atoms with Crippen LogP contribution in [0.4, 0.5) is 0 Å². The molecule has 0 atom stereocenters. The predicted octanol–water partition coefficient (Wildman–Crippen LogP) is 1.70. The maximum absolute atomic E-state index is 12.3. The lowest BCUT2D eigenvalue weighted by atomic mass is 10.1. The summed E-state index contributed by atoms with van der Waals surface area (Å²) in [5.74, 6) is -0.309. The lowest BCUT2D eigenvalue weighted by molar-refractivity contribution is 0.0716. The van der Waals surface area contributed by atoms with Crippen molar-refractivity contribution in [3.05, 3.63) is 33.7 Å². The number of nitrogens with one attached hydrogen (secondary N) is 1. The van der Waals surface area contributed by atoms with E-state index in [0.717, 1.165) is 31.4 Å². The number of carbonyl (C=O) groups excluding carboxylic acids is 1. The fourth-order valence-electron chi connectivity index (χ4n) is 2.08. The third kappa shape index (κ3) is 4.81.